The Balaban J connectivity index is 1.96. The normalized spacial score (nSPS) is 16.2. The number of nitrogens with one attached hydrogen (secondary N) is 1. The van der Waals surface area contributed by atoms with E-state index in [1.54, 1.807) is 6.07 Å². The fraction of sp³-hybridized carbons (Fsp3) is 0.308. The van der Waals surface area contributed by atoms with Gasteiger partial charge in [-0.25, -0.2) is 4.79 Å². The molecule has 1 aromatic carbocycles. The minimum Gasteiger partial charge on any atom is -0.447 e. The zero-order chi connectivity index (χ0) is 12.5. The summed E-state index contributed by atoms with van der Waals surface area (Å²) in [6.07, 6.45) is 0. The third-order valence-corrected chi connectivity index (χ3v) is 3.26. The SMILES string of the molecule is [NH3+]C(=O)c1cc2cc(N3CCNCC3)ccc2o1. The highest BCUT2D eigenvalue weighted by molar-refractivity contribution is 5.91. The van der Waals surface area contributed by atoms with Gasteiger partial charge in [-0.1, -0.05) is 0 Å². The van der Waals surface area contributed by atoms with Gasteiger partial charge in [0.1, 0.15) is 5.58 Å². The maximum absolute atomic E-state index is 11.2. The zero-order valence-corrected chi connectivity index (χ0v) is 10.1. The molecule has 1 aromatic heterocycles. The van der Waals surface area contributed by atoms with E-state index in [1.807, 2.05) is 12.1 Å². The molecule has 0 spiro atoms. The van der Waals surface area contributed by atoms with Gasteiger partial charge < -0.3 is 14.6 Å². The lowest BCUT2D eigenvalue weighted by atomic mass is 10.2. The van der Waals surface area contributed by atoms with Crippen LogP contribution in [0.3, 0.4) is 0 Å². The van der Waals surface area contributed by atoms with E-state index in [-0.39, 0.29) is 5.91 Å². The second kappa shape index (κ2) is 4.44. The predicted molar refractivity (Wildman–Crippen MR) is 68.5 cm³/mol. The minimum absolute atomic E-state index is 0.282. The molecular weight excluding hydrogens is 230 g/mol. The molecule has 1 aliphatic heterocycles. The maximum atomic E-state index is 11.2. The molecule has 18 heavy (non-hydrogen) atoms. The summed E-state index contributed by atoms with van der Waals surface area (Å²) in [6.45, 7) is 4.02. The van der Waals surface area contributed by atoms with E-state index in [4.69, 9.17) is 4.42 Å². The first-order valence-electron chi connectivity index (χ1n) is 6.09. The Kier molecular flexibility index (Phi) is 2.77. The predicted octanol–water partition coefficient (Wildman–Crippen LogP) is 0.224. The van der Waals surface area contributed by atoms with Crippen molar-refractivity contribution in [2.75, 3.05) is 31.1 Å². The van der Waals surface area contributed by atoms with E-state index in [9.17, 15) is 4.79 Å². The number of hydrogen-bond acceptors (Lipinski definition) is 4. The molecule has 1 amide bonds. The molecule has 0 atom stereocenters. The van der Waals surface area contributed by atoms with E-state index in [2.05, 4.69) is 22.0 Å². The number of carbonyl (C=O) groups excluding carboxylic acids is 1. The largest absolute Gasteiger partial charge is 0.447 e. The van der Waals surface area contributed by atoms with Gasteiger partial charge in [0.2, 0.25) is 5.76 Å². The fourth-order valence-corrected chi connectivity index (χ4v) is 2.29. The first-order chi connectivity index (χ1) is 8.74. The lowest BCUT2D eigenvalue weighted by molar-refractivity contribution is -0.256. The molecule has 5 nitrogen and oxygen atoms in total. The van der Waals surface area contributed by atoms with Gasteiger partial charge in [0.05, 0.1) is 0 Å². The second-order valence-electron chi connectivity index (χ2n) is 4.49. The van der Waals surface area contributed by atoms with Crippen molar-refractivity contribution in [2.24, 2.45) is 0 Å². The van der Waals surface area contributed by atoms with Crippen LogP contribution in [-0.2, 0) is 0 Å². The highest BCUT2D eigenvalue weighted by Gasteiger charge is 2.14. The summed E-state index contributed by atoms with van der Waals surface area (Å²) in [5.41, 5.74) is 5.28. The molecule has 0 radical (unpaired) electrons. The highest BCUT2D eigenvalue weighted by atomic mass is 16.3. The van der Waals surface area contributed by atoms with Gasteiger partial charge in [0.15, 0.2) is 0 Å². The summed E-state index contributed by atoms with van der Waals surface area (Å²) < 4.78 is 5.43. The number of nitrogens with zero attached hydrogens (tertiary/aromatic N) is 1. The Morgan fingerprint density at radius 1 is 1.28 bits per heavy atom. The van der Waals surface area contributed by atoms with Crippen molar-refractivity contribution in [2.45, 2.75) is 0 Å². The minimum atomic E-state index is -0.282. The number of piperazine rings is 1. The van der Waals surface area contributed by atoms with Crippen molar-refractivity contribution in [1.82, 2.24) is 5.32 Å². The van der Waals surface area contributed by atoms with Crippen molar-refractivity contribution in [3.8, 4) is 0 Å². The Bertz CT molecular complexity index is 585. The Labute approximate surface area is 105 Å². The van der Waals surface area contributed by atoms with Gasteiger partial charge in [-0.2, -0.15) is 0 Å². The summed E-state index contributed by atoms with van der Waals surface area (Å²) >= 11 is 0. The summed E-state index contributed by atoms with van der Waals surface area (Å²) in [7, 11) is 0. The monoisotopic (exact) mass is 246 g/mol. The lowest BCUT2D eigenvalue weighted by Gasteiger charge is -2.29. The quantitative estimate of drug-likeness (QED) is 0.795. The summed E-state index contributed by atoms with van der Waals surface area (Å²) in [5, 5.41) is 4.28. The van der Waals surface area contributed by atoms with Crippen LogP contribution in [0.1, 0.15) is 10.6 Å². The highest BCUT2D eigenvalue weighted by Crippen LogP contribution is 2.25. The number of anilines is 1. The molecule has 0 aliphatic carbocycles. The van der Waals surface area contributed by atoms with E-state index < -0.39 is 0 Å². The topological polar surface area (TPSA) is 73.1 Å². The molecule has 4 N–H and O–H groups in total. The van der Waals surface area contributed by atoms with Gasteiger partial charge >= 0.3 is 5.91 Å². The average molecular weight is 246 g/mol. The molecule has 2 heterocycles. The molecule has 1 fully saturated rings. The van der Waals surface area contributed by atoms with Gasteiger partial charge in [0, 0.05) is 43.3 Å². The van der Waals surface area contributed by atoms with E-state index in [0.717, 1.165) is 37.1 Å². The van der Waals surface area contributed by atoms with Gasteiger partial charge in [0.25, 0.3) is 0 Å². The van der Waals surface area contributed by atoms with Crippen molar-refractivity contribution < 1.29 is 14.9 Å². The third kappa shape index (κ3) is 1.98. The maximum Gasteiger partial charge on any atom is 0.376 e. The van der Waals surface area contributed by atoms with Crippen molar-refractivity contribution in [1.29, 1.82) is 0 Å². The first kappa shape index (κ1) is 11.3. The fourth-order valence-electron chi connectivity index (χ4n) is 2.29. The van der Waals surface area contributed by atoms with Crippen molar-refractivity contribution in [3.05, 3.63) is 30.0 Å². The standard InChI is InChI=1S/C13H15N3O2/c14-13(17)12-8-9-7-10(1-2-11(9)18-12)16-5-3-15-4-6-16/h1-2,7-8,15H,3-6H2,(H2,14,17)/p+1. The molecule has 0 unspecified atom stereocenters. The van der Waals surface area contributed by atoms with E-state index in [1.165, 1.54) is 5.69 Å². The summed E-state index contributed by atoms with van der Waals surface area (Å²) in [5.74, 6) is 0.0392. The van der Waals surface area contributed by atoms with Crippen LogP contribution in [0.4, 0.5) is 5.69 Å². The van der Waals surface area contributed by atoms with Crippen LogP contribution in [0.5, 0.6) is 0 Å². The molecule has 1 saturated heterocycles. The molecule has 0 bridgehead atoms. The second-order valence-corrected chi connectivity index (χ2v) is 4.49. The number of rotatable bonds is 2. The zero-order valence-electron chi connectivity index (χ0n) is 10.1. The van der Waals surface area contributed by atoms with Crippen LogP contribution in [0, 0.1) is 0 Å². The Morgan fingerprint density at radius 3 is 2.78 bits per heavy atom. The van der Waals surface area contributed by atoms with Gasteiger partial charge in [-0.3, -0.25) is 5.73 Å². The molecule has 0 saturated carbocycles. The number of carbonyl (C=O) groups is 1. The molecular formula is C13H16N3O2+. The number of hydrogen-bond donors (Lipinski definition) is 2. The number of quaternary nitrogens is 1. The molecule has 94 valence electrons. The number of fused-ring (bicyclic) bond motifs is 1. The van der Waals surface area contributed by atoms with Gasteiger partial charge in [-0.05, 0) is 18.2 Å². The van der Waals surface area contributed by atoms with Gasteiger partial charge in [-0.15, -0.1) is 0 Å². The average Bonchev–Trinajstić information content (AvgIpc) is 2.82. The number of amides is 1. The lowest BCUT2D eigenvalue weighted by Crippen LogP contribution is -2.56. The molecule has 5 heteroatoms. The molecule has 1 aliphatic rings. The number of benzene rings is 1. The van der Waals surface area contributed by atoms with E-state index >= 15 is 0 Å². The smallest absolute Gasteiger partial charge is 0.376 e. The van der Waals surface area contributed by atoms with Crippen LogP contribution in [-0.4, -0.2) is 32.1 Å². The van der Waals surface area contributed by atoms with Crippen molar-refractivity contribution in [3.63, 3.8) is 0 Å². The number of furan rings is 1. The molecule has 2 aromatic rings. The summed E-state index contributed by atoms with van der Waals surface area (Å²) in [6, 6.07) is 7.78. The van der Waals surface area contributed by atoms with Crippen LogP contribution >= 0.6 is 0 Å². The van der Waals surface area contributed by atoms with Crippen LogP contribution < -0.4 is 16.0 Å². The van der Waals surface area contributed by atoms with Crippen LogP contribution in [0.15, 0.2) is 28.7 Å². The van der Waals surface area contributed by atoms with E-state index in [0.29, 0.717) is 5.76 Å². The Hall–Kier alpha value is -1.85. The van der Waals surface area contributed by atoms with Crippen LogP contribution in [0.25, 0.3) is 11.0 Å². The summed E-state index contributed by atoms with van der Waals surface area (Å²) in [4.78, 5) is 13.5. The van der Waals surface area contributed by atoms with Crippen molar-refractivity contribution >= 4 is 22.6 Å². The Morgan fingerprint density at radius 2 is 2.06 bits per heavy atom. The first-order valence-corrected chi connectivity index (χ1v) is 6.09. The third-order valence-electron chi connectivity index (χ3n) is 3.26. The molecule has 3 rings (SSSR count). The van der Waals surface area contributed by atoms with Crippen LogP contribution in [0.2, 0.25) is 0 Å².